The minimum atomic E-state index is -0.255. The van der Waals surface area contributed by atoms with Gasteiger partial charge in [-0.3, -0.25) is 0 Å². The van der Waals surface area contributed by atoms with Gasteiger partial charge in [0.1, 0.15) is 11.9 Å². The number of hydrogen-bond donors (Lipinski definition) is 2. The van der Waals surface area contributed by atoms with Crippen LogP contribution in [0.5, 0.6) is 0 Å². The summed E-state index contributed by atoms with van der Waals surface area (Å²) in [5.41, 5.74) is 2.76. The number of anilines is 1. The molecule has 0 radical (unpaired) electrons. The summed E-state index contributed by atoms with van der Waals surface area (Å²) in [6, 6.07) is 7.34. The highest BCUT2D eigenvalue weighted by Crippen LogP contribution is 2.15. The predicted molar refractivity (Wildman–Crippen MR) is 92.5 cm³/mol. The third kappa shape index (κ3) is 3.73. The van der Waals surface area contributed by atoms with Crippen LogP contribution in [-0.2, 0) is 4.84 Å². The van der Waals surface area contributed by atoms with E-state index in [1.165, 1.54) is 0 Å². The van der Waals surface area contributed by atoms with Gasteiger partial charge in [0.25, 0.3) is 0 Å². The molecule has 0 saturated heterocycles. The summed E-state index contributed by atoms with van der Waals surface area (Å²) in [5, 5.41) is 9.59. The first-order valence-corrected chi connectivity index (χ1v) is 8.02. The van der Waals surface area contributed by atoms with Crippen LogP contribution in [0.2, 0.25) is 0 Å². The number of aromatic nitrogens is 2. The topological polar surface area (TPSA) is 80.5 Å². The van der Waals surface area contributed by atoms with Crippen LogP contribution in [0.15, 0.2) is 41.8 Å². The van der Waals surface area contributed by atoms with Crippen molar-refractivity contribution in [3.05, 3.63) is 42.5 Å². The fourth-order valence-corrected chi connectivity index (χ4v) is 2.54. The number of urea groups is 1. The molecule has 0 bridgehead atoms. The number of nitrogens with zero attached hydrogens (tertiary/aromatic N) is 3. The number of nitrogens with one attached hydrogen (secondary N) is 2. The van der Waals surface area contributed by atoms with Gasteiger partial charge in [0, 0.05) is 30.2 Å². The van der Waals surface area contributed by atoms with Gasteiger partial charge in [0.2, 0.25) is 0 Å². The lowest BCUT2D eigenvalue weighted by Gasteiger charge is -2.11. The number of amides is 2. The maximum absolute atomic E-state index is 12.0. The second-order valence-corrected chi connectivity index (χ2v) is 5.67. The summed E-state index contributed by atoms with van der Waals surface area (Å²) >= 11 is 0. The fourth-order valence-electron chi connectivity index (χ4n) is 2.54. The van der Waals surface area contributed by atoms with Gasteiger partial charge >= 0.3 is 6.03 Å². The lowest BCUT2D eigenvalue weighted by Crippen LogP contribution is -2.35. The molecule has 1 aromatic heterocycles. The molecule has 7 nitrogen and oxygen atoms in total. The van der Waals surface area contributed by atoms with Crippen molar-refractivity contribution in [2.45, 2.75) is 32.8 Å². The Morgan fingerprint density at radius 3 is 2.79 bits per heavy atom. The normalized spacial score (nSPS) is 16.4. The van der Waals surface area contributed by atoms with Gasteiger partial charge in [-0.25, -0.2) is 9.78 Å². The van der Waals surface area contributed by atoms with Crippen LogP contribution in [0, 0.1) is 6.92 Å². The maximum Gasteiger partial charge on any atom is 0.319 e. The number of carbonyl (C=O) groups excluding carboxylic acids is 1. The number of carbonyl (C=O) groups is 1. The van der Waals surface area contributed by atoms with Crippen LogP contribution in [0.3, 0.4) is 0 Å². The molecule has 0 spiro atoms. The first-order chi connectivity index (χ1) is 11.7. The zero-order valence-electron chi connectivity index (χ0n) is 13.8. The standard InChI is InChI=1S/C17H21N5O2/c1-3-13-10-16(24-21-13)11-19-17(23)20-14-4-6-15(7-5-14)22-9-8-18-12(22)2/h4-9,16H,3,10-11H2,1-2H3,(H2,19,20,23)/t16-/m1/s1. The van der Waals surface area contributed by atoms with E-state index in [2.05, 4.69) is 20.8 Å². The number of benzene rings is 1. The molecule has 1 aliphatic rings. The van der Waals surface area contributed by atoms with Crippen molar-refractivity contribution < 1.29 is 9.63 Å². The minimum absolute atomic E-state index is 0.0720. The van der Waals surface area contributed by atoms with E-state index < -0.39 is 0 Å². The lowest BCUT2D eigenvalue weighted by molar-refractivity contribution is 0.0870. The molecular weight excluding hydrogens is 306 g/mol. The quantitative estimate of drug-likeness (QED) is 0.886. The molecule has 24 heavy (non-hydrogen) atoms. The van der Waals surface area contributed by atoms with Crippen molar-refractivity contribution in [3.63, 3.8) is 0 Å². The highest BCUT2D eigenvalue weighted by Gasteiger charge is 2.20. The molecule has 7 heteroatoms. The third-order valence-corrected chi connectivity index (χ3v) is 3.92. The Labute approximate surface area is 140 Å². The molecule has 0 aliphatic carbocycles. The van der Waals surface area contributed by atoms with Gasteiger partial charge in [0.15, 0.2) is 0 Å². The summed E-state index contributed by atoms with van der Waals surface area (Å²) in [6.07, 6.45) is 5.24. The largest absolute Gasteiger partial charge is 0.390 e. The second kappa shape index (κ2) is 7.16. The van der Waals surface area contributed by atoms with Gasteiger partial charge in [0.05, 0.1) is 12.3 Å². The highest BCUT2D eigenvalue weighted by molar-refractivity contribution is 5.89. The molecule has 3 rings (SSSR count). The number of rotatable bonds is 5. The predicted octanol–water partition coefficient (Wildman–Crippen LogP) is 2.86. The van der Waals surface area contributed by atoms with Crippen LogP contribution in [0.1, 0.15) is 25.6 Å². The molecule has 0 saturated carbocycles. The van der Waals surface area contributed by atoms with Gasteiger partial charge in [-0.2, -0.15) is 0 Å². The summed E-state index contributed by atoms with van der Waals surface area (Å²) < 4.78 is 1.98. The van der Waals surface area contributed by atoms with Crippen LogP contribution in [-0.4, -0.2) is 33.9 Å². The first-order valence-electron chi connectivity index (χ1n) is 8.02. The van der Waals surface area contributed by atoms with E-state index in [0.29, 0.717) is 6.54 Å². The van der Waals surface area contributed by atoms with E-state index in [-0.39, 0.29) is 12.1 Å². The molecular formula is C17H21N5O2. The molecule has 0 fully saturated rings. The molecule has 2 heterocycles. The van der Waals surface area contributed by atoms with Crippen LogP contribution in [0.25, 0.3) is 5.69 Å². The van der Waals surface area contributed by atoms with E-state index in [1.807, 2.05) is 48.9 Å². The number of oxime groups is 1. The number of aryl methyl sites for hydroxylation is 1. The van der Waals surface area contributed by atoms with Gasteiger partial charge in [-0.05, 0) is 37.6 Å². The van der Waals surface area contributed by atoms with E-state index in [4.69, 9.17) is 4.84 Å². The van der Waals surface area contributed by atoms with Crippen LogP contribution in [0.4, 0.5) is 10.5 Å². The zero-order valence-corrected chi connectivity index (χ0v) is 13.8. The molecule has 1 aromatic carbocycles. The van der Waals surface area contributed by atoms with E-state index in [0.717, 1.165) is 35.8 Å². The molecule has 0 unspecified atom stereocenters. The Morgan fingerprint density at radius 1 is 1.38 bits per heavy atom. The average Bonchev–Trinajstić information content (AvgIpc) is 3.22. The zero-order chi connectivity index (χ0) is 16.9. The van der Waals surface area contributed by atoms with Gasteiger partial charge < -0.3 is 20.0 Å². The smallest absolute Gasteiger partial charge is 0.319 e. The van der Waals surface area contributed by atoms with Gasteiger partial charge in [-0.15, -0.1) is 0 Å². The Balaban J connectivity index is 1.49. The Hall–Kier alpha value is -2.83. The van der Waals surface area contributed by atoms with Crippen molar-refractivity contribution >= 4 is 17.4 Å². The number of imidazole rings is 1. The van der Waals surface area contributed by atoms with Crippen LogP contribution >= 0.6 is 0 Å². The Morgan fingerprint density at radius 2 is 2.17 bits per heavy atom. The van der Waals surface area contributed by atoms with E-state index in [9.17, 15) is 4.79 Å². The molecule has 2 amide bonds. The molecule has 2 aromatic rings. The van der Waals surface area contributed by atoms with Crippen molar-refractivity contribution in [1.82, 2.24) is 14.9 Å². The lowest BCUT2D eigenvalue weighted by atomic mass is 10.1. The molecule has 1 atom stereocenters. The Kier molecular flexibility index (Phi) is 4.79. The monoisotopic (exact) mass is 327 g/mol. The van der Waals surface area contributed by atoms with E-state index in [1.54, 1.807) is 6.20 Å². The highest BCUT2D eigenvalue weighted by atomic mass is 16.6. The SMILES string of the molecule is CCC1=NO[C@@H](CNC(=O)Nc2ccc(-n3ccnc3C)cc2)C1. The number of hydrogen-bond acceptors (Lipinski definition) is 4. The Bertz CT molecular complexity index is 736. The second-order valence-electron chi connectivity index (χ2n) is 5.67. The molecule has 126 valence electrons. The molecule has 1 aliphatic heterocycles. The van der Waals surface area contributed by atoms with Gasteiger partial charge in [-0.1, -0.05) is 12.1 Å². The van der Waals surface area contributed by atoms with Crippen molar-refractivity contribution in [3.8, 4) is 5.69 Å². The summed E-state index contributed by atoms with van der Waals surface area (Å²) in [4.78, 5) is 21.4. The summed E-state index contributed by atoms with van der Waals surface area (Å²) in [6.45, 7) is 4.42. The van der Waals surface area contributed by atoms with E-state index >= 15 is 0 Å². The first kappa shape index (κ1) is 16.0. The summed E-state index contributed by atoms with van der Waals surface area (Å²) in [5.74, 6) is 0.915. The summed E-state index contributed by atoms with van der Waals surface area (Å²) in [7, 11) is 0. The minimum Gasteiger partial charge on any atom is -0.390 e. The molecule has 2 N–H and O–H groups in total. The van der Waals surface area contributed by atoms with Crippen molar-refractivity contribution in [2.75, 3.05) is 11.9 Å². The van der Waals surface area contributed by atoms with Crippen LogP contribution < -0.4 is 10.6 Å². The maximum atomic E-state index is 12.0. The fraction of sp³-hybridized carbons (Fsp3) is 0.353. The van der Waals surface area contributed by atoms with Crippen molar-refractivity contribution in [2.24, 2.45) is 5.16 Å². The van der Waals surface area contributed by atoms with Crippen molar-refractivity contribution in [1.29, 1.82) is 0 Å². The average molecular weight is 327 g/mol. The third-order valence-electron chi connectivity index (χ3n) is 3.92.